The molecule has 1 aliphatic rings. The van der Waals surface area contributed by atoms with Crippen molar-refractivity contribution in [2.45, 2.75) is 51.6 Å². The second-order valence-corrected chi connectivity index (χ2v) is 7.39. The van der Waals surface area contributed by atoms with E-state index >= 15 is 0 Å². The first-order valence-corrected chi connectivity index (χ1v) is 10.1. The van der Waals surface area contributed by atoms with Gasteiger partial charge in [-0.25, -0.2) is 4.98 Å². The normalized spacial score (nSPS) is 17.2. The summed E-state index contributed by atoms with van der Waals surface area (Å²) >= 11 is 0. The Labute approximate surface area is 165 Å². The molecule has 0 radical (unpaired) electrons. The summed E-state index contributed by atoms with van der Waals surface area (Å²) < 4.78 is 9.83. The number of aromatic nitrogens is 4. The Kier molecular flexibility index (Phi) is 5.60. The second kappa shape index (κ2) is 8.46. The van der Waals surface area contributed by atoms with Gasteiger partial charge in [-0.15, -0.1) is 0 Å². The molecule has 7 nitrogen and oxygen atoms in total. The third kappa shape index (κ3) is 4.03. The van der Waals surface area contributed by atoms with Crippen LogP contribution < -0.4 is 0 Å². The molecule has 0 aliphatic carbocycles. The van der Waals surface area contributed by atoms with Crippen LogP contribution in [-0.2, 0) is 13.1 Å². The molecule has 0 spiro atoms. The van der Waals surface area contributed by atoms with Crippen LogP contribution in [-0.4, -0.2) is 43.2 Å². The van der Waals surface area contributed by atoms with Gasteiger partial charge in [-0.2, -0.15) is 5.10 Å². The van der Waals surface area contributed by atoms with E-state index in [0.717, 1.165) is 50.4 Å². The Morgan fingerprint density at radius 1 is 1.29 bits per heavy atom. The van der Waals surface area contributed by atoms with Crippen LogP contribution in [0, 0.1) is 0 Å². The van der Waals surface area contributed by atoms with Gasteiger partial charge in [-0.05, 0) is 37.5 Å². The molecule has 1 atom stereocenters. The van der Waals surface area contributed by atoms with Gasteiger partial charge in [0.25, 0.3) is 5.91 Å². The minimum absolute atomic E-state index is 0.0388. The number of furan rings is 1. The molecule has 1 fully saturated rings. The van der Waals surface area contributed by atoms with E-state index in [4.69, 9.17) is 4.42 Å². The van der Waals surface area contributed by atoms with Gasteiger partial charge in [-0.3, -0.25) is 9.48 Å². The highest BCUT2D eigenvalue weighted by Gasteiger charge is 2.29. The lowest BCUT2D eigenvalue weighted by molar-refractivity contribution is 0.0669. The van der Waals surface area contributed by atoms with Crippen LogP contribution in [0.4, 0.5) is 0 Å². The highest BCUT2D eigenvalue weighted by Crippen LogP contribution is 2.27. The summed E-state index contributed by atoms with van der Waals surface area (Å²) in [5.41, 5.74) is 0. The van der Waals surface area contributed by atoms with E-state index in [1.165, 1.54) is 0 Å². The maximum atomic E-state index is 13.0. The summed E-state index contributed by atoms with van der Waals surface area (Å²) in [5.74, 6) is 2.48. The molecule has 0 N–H and O–H groups in total. The summed E-state index contributed by atoms with van der Waals surface area (Å²) in [5, 5.41) is 4.18. The number of piperidine rings is 1. The number of nitrogens with zero attached hydrogens (tertiary/aromatic N) is 5. The van der Waals surface area contributed by atoms with Gasteiger partial charge in [0.1, 0.15) is 11.6 Å². The number of hydrogen-bond acceptors (Lipinski definition) is 4. The second-order valence-electron chi connectivity index (χ2n) is 7.39. The fourth-order valence-electron chi connectivity index (χ4n) is 3.86. The van der Waals surface area contributed by atoms with Crippen molar-refractivity contribution < 1.29 is 9.21 Å². The molecule has 148 valence electrons. The highest BCUT2D eigenvalue weighted by molar-refractivity contribution is 5.91. The number of amides is 1. The van der Waals surface area contributed by atoms with Crippen LogP contribution in [0.15, 0.2) is 47.4 Å². The maximum Gasteiger partial charge on any atom is 0.289 e. The van der Waals surface area contributed by atoms with E-state index in [1.54, 1.807) is 16.9 Å². The van der Waals surface area contributed by atoms with Gasteiger partial charge >= 0.3 is 0 Å². The smallest absolute Gasteiger partial charge is 0.289 e. The van der Waals surface area contributed by atoms with Crippen LogP contribution in [0.25, 0.3) is 0 Å². The molecule has 0 bridgehead atoms. The van der Waals surface area contributed by atoms with Gasteiger partial charge in [0.2, 0.25) is 0 Å². The summed E-state index contributed by atoms with van der Waals surface area (Å²) in [4.78, 5) is 19.5. The average Bonchev–Trinajstić information content (AvgIpc) is 3.48. The zero-order valence-electron chi connectivity index (χ0n) is 16.3. The molecule has 0 aromatic carbocycles. The number of carbonyl (C=O) groups excluding carboxylic acids is 1. The van der Waals surface area contributed by atoms with Crippen molar-refractivity contribution in [1.29, 1.82) is 0 Å². The average molecular weight is 381 g/mol. The lowest BCUT2D eigenvalue weighted by Gasteiger charge is -2.32. The Morgan fingerprint density at radius 2 is 2.21 bits per heavy atom. The largest absolute Gasteiger partial charge is 0.454 e. The van der Waals surface area contributed by atoms with E-state index < -0.39 is 0 Å². The van der Waals surface area contributed by atoms with Crippen molar-refractivity contribution >= 4 is 5.91 Å². The zero-order valence-corrected chi connectivity index (χ0v) is 16.3. The molecule has 4 rings (SSSR count). The Balaban J connectivity index is 1.42. The third-order valence-electron chi connectivity index (χ3n) is 5.32. The number of likely N-dealkylation sites (tertiary alicyclic amines) is 1. The number of hydrogen-bond donors (Lipinski definition) is 0. The zero-order chi connectivity index (χ0) is 19.3. The van der Waals surface area contributed by atoms with Crippen LogP contribution in [0.3, 0.4) is 0 Å². The number of imidazole rings is 1. The number of unbranched alkanes of at least 4 members (excludes halogenated alkanes) is 1. The summed E-state index contributed by atoms with van der Waals surface area (Å²) in [7, 11) is 0. The Morgan fingerprint density at radius 3 is 3.04 bits per heavy atom. The van der Waals surface area contributed by atoms with E-state index in [0.29, 0.717) is 18.8 Å². The molecule has 4 heterocycles. The van der Waals surface area contributed by atoms with Crippen molar-refractivity contribution in [1.82, 2.24) is 24.2 Å². The molecular weight excluding hydrogens is 354 g/mol. The molecule has 1 aliphatic heterocycles. The first kappa shape index (κ1) is 18.5. The highest BCUT2D eigenvalue weighted by atomic mass is 16.4. The van der Waals surface area contributed by atoms with Crippen molar-refractivity contribution in [2.75, 3.05) is 13.1 Å². The molecule has 28 heavy (non-hydrogen) atoms. The SMILES string of the molecule is CCCCn1ccnc1[C@H]1CCCN(C(=O)c2ccc(Cn3cccn3)o2)C1. The first-order chi connectivity index (χ1) is 13.7. The third-order valence-corrected chi connectivity index (χ3v) is 5.32. The molecule has 1 saturated heterocycles. The van der Waals surface area contributed by atoms with Crippen molar-refractivity contribution in [3.05, 3.63) is 60.3 Å². The lowest BCUT2D eigenvalue weighted by atomic mass is 9.97. The summed E-state index contributed by atoms with van der Waals surface area (Å²) in [6.07, 6.45) is 11.9. The molecule has 0 saturated carbocycles. The fraction of sp³-hybridized carbons (Fsp3) is 0.476. The van der Waals surface area contributed by atoms with Crippen molar-refractivity contribution in [3.8, 4) is 0 Å². The standard InChI is InChI=1S/C21H27N5O2/c1-2-3-11-24-14-10-22-20(24)17-6-4-12-25(15-17)21(27)19-8-7-18(28-19)16-26-13-5-9-23-26/h5,7-10,13-14,17H,2-4,6,11-12,15-16H2,1H3/t17-/m0/s1. The lowest BCUT2D eigenvalue weighted by Crippen LogP contribution is -2.39. The number of carbonyl (C=O) groups is 1. The topological polar surface area (TPSA) is 69.1 Å². The summed E-state index contributed by atoms with van der Waals surface area (Å²) in [6, 6.07) is 5.49. The number of aryl methyl sites for hydroxylation is 1. The van der Waals surface area contributed by atoms with Crippen molar-refractivity contribution in [2.24, 2.45) is 0 Å². The first-order valence-electron chi connectivity index (χ1n) is 10.1. The molecule has 3 aromatic rings. The summed E-state index contributed by atoms with van der Waals surface area (Å²) in [6.45, 7) is 5.17. The molecule has 7 heteroatoms. The van der Waals surface area contributed by atoms with Crippen LogP contribution >= 0.6 is 0 Å². The molecule has 3 aromatic heterocycles. The van der Waals surface area contributed by atoms with Gasteiger partial charge in [-0.1, -0.05) is 13.3 Å². The number of rotatable bonds is 7. The van der Waals surface area contributed by atoms with E-state index in [2.05, 4.69) is 27.8 Å². The van der Waals surface area contributed by atoms with E-state index in [-0.39, 0.29) is 11.8 Å². The minimum Gasteiger partial charge on any atom is -0.454 e. The Bertz CT molecular complexity index is 896. The van der Waals surface area contributed by atoms with Gasteiger partial charge < -0.3 is 13.9 Å². The molecular formula is C21H27N5O2. The molecule has 0 unspecified atom stereocenters. The van der Waals surface area contributed by atoms with Crippen LogP contribution in [0.2, 0.25) is 0 Å². The monoisotopic (exact) mass is 381 g/mol. The van der Waals surface area contributed by atoms with Gasteiger partial charge in [0.15, 0.2) is 5.76 Å². The van der Waals surface area contributed by atoms with E-state index in [1.807, 2.05) is 29.4 Å². The van der Waals surface area contributed by atoms with E-state index in [9.17, 15) is 4.79 Å². The van der Waals surface area contributed by atoms with Crippen molar-refractivity contribution in [3.63, 3.8) is 0 Å². The fourth-order valence-corrected chi connectivity index (χ4v) is 3.86. The predicted molar refractivity (Wildman–Crippen MR) is 105 cm³/mol. The van der Waals surface area contributed by atoms with Gasteiger partial charge in [0.05, 0.1) is 6.54 Å². The van der Waals surface area contributed by atoms with Gasteiger partial charge in [0, 0.05) is 50.3 Å². The van der Waals surface area contributed by atoms with Crippen LogP contribution in [0.5, 0.6) is 0 Å². The Hall–Kier alpha value is -2.83. The van der Waals surface area contributed by atoms with Crippen LogP contribution in [0.1, 0.15) is 60.7 Å². The quantitative estimate of drug-likeness (QED) is 0.628. The maximum absolute atomic E-state index is 13.0. The molecule has 1 amide bonds. The predicted octanol–water partition coefficient (Wildman–Crippen LogP) is 3.54. The minimum atomic E-state index is -0.0388.